The minimum Gasteiger partial charge on any atom is -0.495 e. The second-order valence-corrected chi connectivity index (χ2v) is 8.72. The molecule has 7 heteroatoms. The lowest BCUT2D eigenvalue weighted by Crippen LogP contribution is -2.36. The molecule has 0 fully saturated rings. The van der Waals surface area contributed by atoms with Crippen LogP contribution < -0.4 is 9.64 Å². The number of carbonyl (C=O) groups is 1. The molecule has 150 valence electrons. The Kier molecular flexibility index (Phi) is 5.76. The van der Waals surface area contributed by atoms with Crippen LogP contribution >= 0.6 is 0 Å². The number of ether oxygens (including phenoxy) is 1. The fraction of sp³-hybridized carbons (Fsp3) is 0.381. The molecule has 0 saturated carbocycles. The van der Waals surface area contributed by atoms with Crippen LogP contribution in [0.25, 0.3) is 0 Å². The van der Waals surface area contributed by atoms with Crippen molar-refractivity contribution in [2.45, 2.75) is 38.1 Å². The molecule has 3 rings (SSSR count). The van der Waals surface area contributed by atoms with Gasteiger partial charge in [-0.05, 0) is 43.2 Å². The summed E-state index contributed by atoms with van der Waals surface area (Å²) >= 11 is 0. The van der Waals surface area contributed by atoms with Crippen LogP contribution in [-0.2, 0) is 16.4 Å². The van der Waals surface area contributed by atoms with Crippen molar-refractivity contribution in [3.05, 3.63) is 53.6 Å². The number of nitrogens with zero attached hydrogens (tertiary/aromatic N) is 2. The summed E-state index contributed by atoms with van der Waals surface area (Å²) in [5.74, 6) is 0.0226. The van der Waals surface area contributed by atoms with Crippen LogP contribution in [0.5, 0.6) is 5.75 Å². The maximum Gasteiger partial charge on any atom is 0.258 e. The second-order valence-electron chi connectivity index (χ2n) is 6.81. The number of fused-ring (bicyclic) bond motifs is 1. The summed E-state index contributed by atoms with van der Waals surface area (Å²) in [5, 5.41) is 0. The molecule has 6 nitrogen and oxygen atoms in total. The largest absolute Gasteiger partial charge is 0.495 e. The Morgan fingerprint density at radius 3 is 2.50 bits per heavy atom. The van der Waals surface area contributed by atoms with Crippen LogP contribution in [0, 0.1) is 0 Å². The van der Waals surface area contributed by atoms with Crippen molar-refractivity contribution in [2.24, 2.45) is 0 Å². The van der Waals surface area contributed by atoms with Crippen LogP contribution in [-0.4, -0.2) is 44.9 Å². The van der Waals surface area contributed by atoms with Crippen LogP contribution in [0.15, 0.2) is 47.4 Å². The summed E-state index contributed by atoms with van der Waals surface area (Å²) in [6, 6.07) is 12.4. The van der Waals surface area contributed by atoms with E-state index in [0.717, 1.165) is 17.7 Å². The lowest BCUT2D eigenvalue weighted by Gasteiger charge is -2.24. The molecule has 28 heavy (non-hydrogen) atoms. The van der Waals surface area contributed by atoms with E-state index >= 15 is 0 Å². The summed E-state index contributed by atoms with van der Waals surface area (Å²) in [6.07, 6.45) is 0.780. The highest BCUT2D eigenvalue weighted by molar-refractivity contribution is 7.89. The standard InChI is InChI=1S/C21H26N2O4S/c1-5-22(6-2)28(25,26)20-14-17(11-12-19(20)27-4)21(24)23-15(3)13-16-9-7-8-10-18(16)23/h7-12,14-15H,5-6,13H2,1-4H3. The van der Waals surface area contributed by atoms with Crippen molar-refractivity contribution >= 4 is 21.6 Å². The van der Waals surface area contributed by atoms with Gasteiger partial charge in [-0.25, -0.2) is 8.42 Å². The topological polar surface area (TPSA) is 66.9 Å². The predicted molar refractivity (Wildman–Crippen MR) is 110 cm³/mol. The average molecular weight is 403 g/mol. The van der Waals surface area contributed by atoms with Crippen molar-refractivity contribution in [1.29, 1.82) is 0 Å². The Labute approximate surface area is 166 Å². The van der Waals surface area contributed by atoms with Crippen LogP contribution in [0.4, 0.5) is 5.69 Å². The van der Waals surface area contributed by atoms with E-state index < -0.39 is 10.0 Å². The lowest BCUT2D eigenvalue weighted by molar-refractivity contribution is 0.0981. The van der Waals surface area contributed by atoms with Crippen molar-refractivity contribution in [1.82, 2.24) is 4.31 Å². The van der Waals surface area contributed by atoms with E-state index in [2.05, 4.69) is 0 Å². The van der Waals surface area contributed by atoms with E-state index in [1.807, 2.05) is 31.2 Å². The van der Waals surface area contributed by atoms with Gasteiger partial charge in [0.25, 0.3) is 5.91 Å². The quantitative estimate of drug-likeness (QED) is 0.743. The Morgan fingerprint density at radius 1 is 1.18 bits per heavy atom. The number of sulfonamides is 1. The number of para-hydroxylation sites is 1. The minimum absolute atomic E-state index is 0.00911. The minimum atomic E-state index is -3.76. The third kappa shape index (κ3) is 3.40. The van der Waals surface area contributed by atoms with E-state index in [0.29, 0.717) is 18.7 Å². The molecule has 2 aromatic rings. The Hall–Kier alpha value is -2.38. The SMILES string of the molecule is CCN(CC)S(=O)(=O)c1cc(C(=O)N2c3ccccc3CC2C)ccc1OC. The second kappa shape index (κ2) is 7.93. The van der Waals surface area contributed by atoms with Gasteiger partial charge in [0.1, 0.15) is 10.6 Å². The molecule has 1 unspecified atom stereocenters. The molecule has 1 heterocycles. The van der Waals surface area contributed by atoms with E-state index in [9.17, 15) is 13.2 Å². The molecular weight excluding hydrogens is 376 g/mol. The average Bonchev–Trinajstić information content (AvgIpc) is 3.03. The van der Waals surface area contributed by atoms with Crippen molar-refractivity contribution in [2.75, 3.05) is 25.1 Å². The highest BCUT2D eigenvalue weighted by atomic mass is 32.2. The molecule has 0 saturated heterocycles. The van der Waals surface area contributed by atoms with Gasteiger partial charge in [-0.2, -0.15) is 4.31 Å². The number of anilines is 1. The normalized spacial score (nSPS) is 16.3. The summed E-state index contributed by atoms with van der Waals surface area (Å²) in [7, 11) is -2.33. The number of hydrogen-bond acceptors (Lipinski definition) is 4. The third-order valence-electron chi connectivity index (χ3n) is 5.16. The monoisotopic (exact) mass is 402 g/mol. The number of amides is 1. The molecule has 0 bridgehead atoms. The lowest BCUT2D eigenvalue weighted by atomic mass is 10.1. The molecule has 0 N–H and O–H groups in total. The van der Waals surface area contributed by atoms with Gasteiger partial charge in [0, 0.05) is 30.4 Å². The van der Waals surface area contributed by atoms with Crippen LogP contribution in [0.1, 0.15) is 36.7 Å². The van der Waals surface area contributed by atoms with E-state index in [1.165, 1.54) is 17.5 Å². The van der Waals surface area contributed by atoms with Crippen molar-refractivity contribution in [3.63, 3.8) is 0 Å². The molecule has 1 aliphatic rings. The first kappa shape index (κ1) is 20.4. The number of carbonyl (C=O) groups excluding carboxylic acids is 1. The van der Waals surface area contributed by atoms with Gasteiger partial charge in [0.05, 0.1) is 7.11 Å². The molecule has 1 aliphatic heterocycles. The zero-order valence-corrected chi connectivity index (χ0v) is 17.5. The van der Waals surface area contributed by atoms with Gasteiger partial charge in [-0.3, -0.25) is 4.79 Å². The number of benzene rings is 2. The smallest absolute Gasteiger partial charge is 0.258 e. The summed E-state index contributed by atoms with van der Waals surface area (Å²) in [6.45, 7) is 6.25. The molecule has 0 radical (unpaired) electrons. The van der Waals surface area contributed by atoms with E-state index in [-0.39, 0.29) is 22.6 Å². The maximum absolute atomic E-state index is 13.3. The Bertz CT molecular complexity index is 984. The Balaban J connectivity index is 2.06. The van der Waals surface area contributed by atoms with Gasteiger partial charge in [-0.15, -0.1) is 0 Å². The number of methoxy groups -OCH3 is 1. The first-order chi connectivity index (χ1) is 13.3. The van der Waals surface area contributed by atoms with Gasteiger partial charge in [0.15, 0.2) is 0 Å². The van der Waals surface area contributed by atoms with Gasteiger partial charge in [-0.1, -0.05) is 32.0 Å². The predicted octanol–water partition coefficient (Wildman–Crippen LogP) is 3.32. The molecule has 0 aliphatic carbocycles. The molecule has 1 atom stereocenters. The van der Waals surface area contributed by atoms with Crippen molar-refractivity contribution in [3.8, 4) is 5.75 Å². The van der Waals surface area contributed by atoms with Crippen LogP contribution in [0.3, 0.4) is 0 Å². The first-order valence-corrected chi connectivity index (χ1v) is 10.9. The van der Waals surface area contributed by atoms with Gasteiger partial charge in [0.2, 0.25) is 10.0 Å². The molecule has 0 aromatic heterocycles. The third-order valence-corrected chi connectivity index (χ3v) is 7.23. The zero-order valence-electron chi connectivity index (χ0n) is 16.7. The summed E-state index contributed by atoms with van der Waals surface area (Å²) in [5.41, 5.74) is 2.33. The molecule has 1 amide bonds. The number of rotatable bonds is 6. The highest BCUT2D eigenvalue weighted by Crippen LogP contribution is 2.34. The zero-order chi connectivity index (χ0) is 20.5. The van der Waals surface area contributed by atoms with E-state index in [4.69, 9.17) is 4.74 Å². The number of hydrogen-bond donors (Lipinski definition) is 0. The fourth-order valence-corrected chi connectivity index (χ4v) is 5.37. The maximum atomic E-state index is 13.3. The van der Waals surface area contributed by atoms with E-state index in [1.54, 1.807) is 30.9 Å². The van der Waals surface area contributed by atoms with Crippen LogP contribution in [0.2, 0.25) is 0 Å². The van der Waals surface area contributed by atoms with Gasteiger partial charge >= 0.3 is 0 Å². The highest BCUT2D eigenvalue weighted by Gasteiger charge is 2.33. The summed E-state index contributed by atoms with van der Waals surface area (Å²) < 4.78 is 32.7. The Morgan fingerprint density at radius 2 is 1.86 bits per heavy atom. The van der Waals surface area contributed by atoms with Crippen molar-refractivity contribution < 1.29 is 17.9 Å². The molecule has 0 spiro atoms. The fourth-order valence-electron chi connectivity index (χ4n) is 3.73. The summed E-state index contributed by atoms with van der Waals surface area (Å²) in [4.78, 5) is 15.0. The van der Waals surface area contributed by atoms with Gasteiger partial charge < -0.3 is 9.64 Å². The molecular formula is C21H26N2O4S. The molecule has 2 aromatic carbocycles. The first-order valence-electron chi connectivity index (χ1n) is 9.44.